The quantitative estimate of drug-likeness (QED) is 0.529. The molecule has 1 aliphatic heterocycles. The molecular weight excluding hydrogens is 308 g/mol. The molecule has 4 aromatic rings. The summed E-state index contributed by atoms with van der Waals surface area (Å²) < 4.78 is 11.2. The molecule has 4 heterocycles. The van der Waals surface area contributed by atoms with E-state index in [0.29, 0.717) is 5.52 Å². The largest absolute Gasteiger partial charge is 0.356 e. The van der Waals surface area contributed by atoms with Crippen LogP contribution in [0.4, 0.5) is 0 Å². The molecule has 1 aliphatic rings. The number of nitrogens with one attached hydrogen (secondary N) is 3. The predicted molar refractivity (Wildman–Crippen MR) is 88.4 cm³/mol. The van der Waals surface area contributed by atoms with E-state index in [1.54, 1.807) is 12.4 Å². The van der Waals surface area contributed by atoms with Gasteiger partial charge in [0.15, 0.2) is 12.6 Å². The van der Waals surface area contributed by atoms with Crippen molar-refractivity contribution >= 4 is 21.8 Å². The average Bonchev–Trinajstić information content (AvgIpc) is 3.22. The van der Waals surface area contributed by atoms with E-state index >= 15 is 0 Å². The molecule has 0 amide bonds. The zero-order valence-corrected chi connectivity index (χ0v) is 12.8. The van der Waals surface area contributed by atoms with Crippen LogP contribution in [-0.4, -0.2) is 26.5 Å². The van der Waals surface area contributed by atoms with E-state index in [4.69, 9.17) is 9.47 Å². The number of nitrogens with zero attached hydrogens (tertiary/aromatic N) is 1. The monoisotopic (exact) mass is 322 g/mol. The summed E-state index contributed by atoms with van der Waals surface area (Å²) in [4.78, 5) is 18.3. The first kappa shape index (κ1) is 13.5. The lowest BCUT2D eigenvalue weighted by Crippen LogP contribution is -2.31. The van der Waals surface area contributed by atoms with Gasteiger partial charge in [0.05, 0.1) is 5.69 Å². The van der Waals surface area contributed by atoms with Crippen LogP contribution in [-0.2, 0) is 9.47 Å². The van der Waals surface area contributed by atoms with E-state index < -0.39 is 6.29 Å². The number of hydrogen-bond donors (Lipinski definition) is 3. The van der Waals surface area contributed by atoms with Crippen molar-refractivity contribution in [3.8, 4) is 11.3 Å². The van der Waals surface area contributed by atoms with Crippen molar-refractivity contribution in [2.75, 3.05) is 0 Å². The summed E-state index contributed by atoms with van der Waals surface area (Å²) in [7, 11) is 0. The maximum atomic E-state index is 12.3. The van der Waals surface area contributed by atoms with Gasteiger partial charge in [-0.2, -0.15) is 5.10 Å². The molecule has 24 heavy (non-hydrogen) atoms. The van der Waals surface area contributed by atoms with Crippen molar-refractivity contribution in [1.29, 1.82) is 0 Å². The second-order valence-electron chi connectivity index (χ2n) is 5.85. The number of aromatic amines is 3. The molecule has 0 unspecified atom stereocenters. The van der Waals surface area contributed by atoms with Crippen LogP contribution in [0.2, 0.25) is 0 Å². The third-order valence-electron chi connectivity index (χ3n) is 4.37. The van der Waals surface area contributed by atoms with Crippen LogP contribution in [0.15, 0.2) is 41.5 Å². The van der Waals surface area contributed by atoms with Gasteiger partial charge in [0.1, 0.15) is 5.52 Å². The summed E-state index contributed by atoms with van der Waals surface area (Å²) in [6.07, 6.45) is 2.81. The van der Waals surface area contributed by atoms with E-state index in [2.05, 4.69) is 20.2 Å². The molecular formula is C17H14N4O3. The molecule has 0 aliphatic carbocycles. The zero-order valence-electron chi connectivity index (χ0n) is 12.8. The van der Waals surface area contributed by atoms with E-state index in [1.807, 2.05) is 31.2 Å². The Morgan fingerprint density at radius 2 is 2.08 bits per heavy atom. The molecule has 7 nitrogen and oxygen atoms in total. The van der Waals surface area contributed by atoms with Gasteiger partial charge >= 0.3 is 0 Å². The van der Waals surface area contributed by atoms with E-state index in [0.717, 1.165) is 33.1 Å². The van der Waals surface area contributed by atoms with Gasteiger partial charge in [-0.1, -0.05) is 6.07 Å². The second kappa shape index (κ2) is 4.80. The molecule has 0 saturated carbocycles. The van der Waals surface area contributed by atoms with Crippen LogP contribution < -0.4 is 5.56 Å². The first-order chi connectivity index (χ1) is 11.7. The number of ether oxygens (including phenoxy) is 2. The van der Waals surface area contributed by atoms with Gasteiger partial charge in [0.25, 0.3) is 5.56 Å². The average molecular weight is 322 g/mol. The fraction of sp³-hybridized carbons (Fsp3) is 0.176. The Balaban J connectivity index is 1.81. The van der Waals surface area contributed by atoms with Crippen LogP contribution in [0.3, 0.4) is 0 Å². The SMILES string of the molecule is CC1OC(c2c[nH]c3c(=O)[nH]c4ccc(-c5ccn[nH]5)cc4c23)O1. The molecule has 120 valence electrons. The van der Waals surface area contributed by atoms with Crippen molar-refractivity contribution in [1.82, 2.24) is 20.2 Å². The van der Waals surface area contributed by atoms with Gasteiger partial charge in [-0.25, -0.2) is 0 Å². The molecule has 0 spiro atoms. The lowest BCUT2D eigenvalue weighted by atomic mass is 10.0. The Morgan fingerprint density at radius 1 is 1.21 bits per heavy atom. The third-order valence-corrected chi connectivity index (χ3v) is 4.37. The number of hydrogen-bond acceptors (Lipinski definition) is 4. The van der Waals surface area contributed by atoms with Crippen molar-refractivity contribution in [2.45, 2.75) is 19.5 Å². The summed E-state index contributed by atoms with van der Waals surface area (Å²) >= 11 is 0. The van der Waals surface area contributed by atoms with Gasteiger partial charge < -0.3 is 19.4 Å². The molecule has 1 fully saturated rings. The second-order valence-corrected chi connectivity index (χ2v) is 5.85. The van der Waals surface area contributed by atoms with Crippen LogP contribution in [0.5, 0.6) is 0 Å². The van der Waals surface area contributed by atoms with E-state index in [1.165, 1.54) is 0 Å². The molecule has 1 saturated heterocycles. The van der Waals surface area contributed by atoms with Crippen LogP contribution in [0.1, 0.15) is 18.8 Å². The number of fused-ring (bicyclic) bond motifs is 3. The van der Waals surface area contributed by atoms with Gasteiger partial charge in [-0.05, 0) is 25.1 Å². The lowest BCUT2D eigenvalue weighted by Gasteiger charge is -2.33. The minimum absolute atomic E-state index is 0.162. The number of H-pyrrole nitrogens is 3. The minimum Gasteiger partial charge on any atom is -0.356 e. The van der Waals surface area contributed by atoms with Crippen LogP contribution in [0.25, 0.3) is 33.1 Å². The van der Waals surface area contributed by atoms with Crippen molar-refractivity contribution in [3.63, 3.8) is 0 Å². The smallest absolute Gasteiger partial charge is 0.272 e. The zero-order chi connectivity index (χ0) is 16.3. The van der Waals surface area contributed by atoms with Crippen LogP contribution >= 0.6 is 0 Å². The summed E-state index contributed by atoms with van der Waals surface area (Å²) in [6, 6.07) is 7.78. The summed E-state index contributed by atoms with van der Waals surface area (Å²) in [5, 5.41) is 8.71. The van der Waals surface area contributed by atoms with E-state index in [9.17, 15) is 4.79 Å². The number of aromatic nitrogens is 4. The van der Waals surface area contributed by atoms with Crippen molar-refractivity contribution in [3.05, 3.63) is 52.6 Å². The molecule has 7 heteroatoms. The lowest BCUT2D eigenvalue weighted by molar-refractivity contribution is -0.382. The highest BCUT2D eigenvalue weighted by Crippen LogP contribution is 2.38. The predicted octanol–water partition coefficient (Wildman–Crippen LogP) is 2.79. The number of benzene rings is 1. The molecule has 1 aromatic carbocycles. The highest BCUT2D eigenvalue weighted by atomic mass is 16.9. The van der Waals surface area contributed by atoms with Crippen LogP contribution in [0, 0.1) is 0 Å². The van der Waals surface area contributed by atoms with E-state index in [-0.39, 0.29) is 11.8 Å². The van der Waals surface area contributed by atoms with Gasteiger partial charge in [0, 0.05) is 39.8 Å². The molecule has 5 rings (SSSR count). The van der Waals surface area contributed by atoms with Crippen molar-refractivity contribution in [2.24, 2.45) is 0 Å². The number of rotatable bonds is 2. The fourth-order valence-corrected chi connectivity index (χ4v) is 3.23. The fourth-order valence-electron chi connectivity index (χ4n) is 3.23. The highest BCUT2D eigenvalue weighted by molar-refractivity contribution is 6.07. The standard InChI is InChI=1S/C17H14N4O3/c1-8-23-17(24-8)11-7-18-15-14(11)10-6-9(12-4-5-19-21-12)2-3-13(10)20-16(15)22/h2-8,17-18H,1H3,(H,19,21)(H,20,22). The van der Waals surface area contributed by atoms with Crippen molar-refractivity contribution < 1.29 is 9.47 Å². The molecule has 0 radical (unpaired) electrons. The number of pyridine rings is 1. The Bertz CT molecular complexity index is 1100. The Labute approximate surface area is 135 Å². The Morgan fingerprint density at radius 3 is 2.83 bits per heavy atom. The molecule has 3 N–H and O–H groups in total. The minimum atomic E-state index is -0.449. The highest BCUT2D eigenvalue weighted by Gasteiger charge is 2.31. The molecule has 0 atom stereocenters. The topological polar surface area (TPSA) is 95.8 Å². The summed E-state index contributed by atoms with van der Waals surface area (Å²) in [5.74, 6) is 0. The maximum absolute atomic E-state index is 12.3. The Hall–Kier alpha value is -2.90. The maximum Gasteiger partial charge on any atom is 0.272 e. The summed E-state index contributed by atoms with van der Waals surface area (Å²) in [6.45, 7) is 1.84. The third kappa shape index (κ3) is 1.85. The first-order valence-corrected chi connectivity index (χ1v) is 7.68. The van der Waals surface area contributed by atoms with Gasteiger partial charge in [0.2, 0.25) is 0 Å². The molecule has 0 bridgehead atoms. The van der Waals surface area contributed by atoms with Gasteiger partial charge in [-0.3, -0.25) is 9.89 Å². The van der Waals surface area contributed by atoms with Gasteiger partial charge in [-0.15, -0.1) is 0 Å². The Kier molecular flexibility index (Phi) is 2.70. The summed E-state index contributed by atoms with van der Waals surface area (Å²) in [5.41, 5.74) is 3.86. The molecule has 3 aromatic heterocycles. The normalized spacial score (nSPS) is 20.5. The first-order valence-electron chi connectivity index (χ1n) is 7.68.